The van der Waals surface area contributed by atoms with Crippen LogP contribution in [0.4, 0.5) is 42.6 Å². The molecule has 32 heavy (non-hydrogen) atoms. The van der Waals surface area contributed by atoms with Crippen LogP contribution in [-0.2, 0) is 24.1 Å². The van der Waals surface area contributed by atoms with Gasteiger partial charge < -0.3 is 10.1 Å². The van der Waals surface area contributed by atoms with Crippen molar-refractivity contribution in [2.75, 3.05) is 17.7 Å². The van der Waals surface area contributed by atoms with E-state index in [0.29, 0.717) is 6.07 Å². The molecule has 0 aromatic carbocycles. The third-order valence-corrected chi connectivity index (χ3v) is 4.46. The summed E-state index contributed by atoms with van der Waals surface area (Å²) in [4.78, 5) is 20.0. The summed E-state index contributed by atoms with van der Waals surface area (Å²) < 4.78 is 83.8. The van der Waals surface area contributed by atoms with Crippen LogP contribution in [0, 0.1) is 0 Å². The highest BCUT2D eigenvalue weighted by Crippen LogP contribution is 2.34. The molecule has 0 radical (unpaired) electrons. The minimum atomic E-state index is -4.71. The summed E-state index contributed by atoms with van der Waals surface area (Å²) in [6.45, 7) is 1.52. The van der Waals surface area contributed by atoms with E-state index in [1.54, 1.807) is 0 Å². The van der Waals surface area contributed by atoms with Crippen LogP contribution in [0.2, 0.25) is 0 Å². The Morgan fingerprint density at radius 1 is 1.09 bits per heavy atom. The van der Waals surface area contributed by atoms with E-state index in [-0.39, 0.29) is 28.1 Å². The molecule has 3 aromatic heterocycles. The van der Waals surface area contributed by atoms with Gasteiger partial charge in [-0.3, -0.25) is 15.0 Å². The number of pyridine rings is 2. The van der Waals surface area contributed by atoms with Crippen molar-refractivity contribution in [2.45, 2.75) is 25.4 Å². The van der Waals surface area contributed by atoms with Crippen LogP contribution in [0.3, 0.4) is 0 Å². The summed E-state index contributed by atoms with van der Waals surface area (Å²) in [7, 11) is 2.51. The molecule has 3 heterocycles. The van der Waals surface area contributed by atoms with Crippen molar-refractivity contribution in [1.29, 1.82) is 0 Å². The number of nitrogens with one attached hydrogen (secondary N) is 2. The average Bonchev–Trinajstić information content (AvgIpc) is 3.06. The molecule has 0 bridgehead atoms. The predicted octanol–water partition coefficient (Wildman–Crippen LogP) is 4.75. The number of nitrogens with zero attached hydrogens (tertiary/aromatic N) is 4. The molecule has 0 aliphatic heterocycles. The van der Waals surface area contributed by atoms with Gasteiger partial charge in [-0.1, -0.05) is 0 Å². The smallest absolute Gasteiger partial charge is 0.377 e. The number of carbonyl (C=O) groups is 1. The number of ether oxygens (including phenoxy) is 1. The highest BCUT2D eigenvalue weighted by atomic mass is 19.4. The zero-order valence-electron chi connectivity index (χ0n) is 16.8. The standard InChI is InChI=1S/C18H16F6N6O2/c1-8(32-3)14-10(7-25-9-4-5-11(17(19,20)21)27-15(9)14)26-16(31)28-13-6-12(18(22,23)24)29-30(13)2/h4-8H,1-3H3,(H2,26,28,31). The van der Waals surface area contributed by atoms with Gasteiger partial charge in [0.1, 0.15) is 11.5 Å². The lowest BCUT2D eigenvalue weighted by molar-refractivity contribution is -0.142. The fraction of sp³-hybridized carbons (Fsp3) is 0.333. The lowest BCUT2D eigenvalue weighted by Gasteiger charge is -2.18. The van der Waals surface area contributed by atoms with Crippen LogP contribution in [0.5, 0.6) is 0 Å². The van der Waals surface area contributed by atoms with Gasteiger partial charge in [0.15, 0.2) is 5.69 Å². The van der Waals surface area contributed by atoms with Gasteiger partial charge in [-0.25, -0.2) is 9.78 Å². The van der Waals surface area contributed by atoms with Crippen LogP contribution < -0.4 is 10.6 Å². The first-order chi connectivity index (χ1) is 14.8. The average molecular weight is 462 g/mol. The Bertz CT molecular complexity index is 1160. The molecule has 0 aliphatic carbocycles. The number of methoxy groups -OCH3 is 1. The second-order valence-electron chi connectivity index (χ2n) is 6.64. The second-order valence-corrected chi connectivity index (χ2v) is 6.64. The van der Waals surface area contributed by atoms with Crippen molar-refractivity contribution in [3.8, 4) is 0 Å². The SMILES string of the molecule is COC(C)c1c(NC(=O)Nc2cc(C(F)(F)F)nn2C)cnc2ccc(C(F)(F)F)nc12. The number of hydrogen-bond acceptors (Lipinski definition) is 5. The molecule has 0 aliphatic rings. The molecular formula is C18H16F6N6O2. The van der Waals surface area contributed by atoms with Crippen LogP contribution in [0.1, 0.15) is 30.0 Å². The lowest BCUT2D eigenvalue weighted by atomic mass is 10.1. The fourth-order valence-corrected chi connectivity index (χ4v) is 2.86. The van der Waals surface area contributed by atoms with E-state index in [9.17, 15) is 31.1 Å². The van der Waals surface area contributed by atoms with Gasteiger partial charge in [0.2, 0.25) is 0 Å². The number of aryl methyl sites for hydroxylation is 1. The lowest BCUT2D eigenvalue weighted by Crippen LogP contribution is -2.22. The molecule has 8 nitrogen and oxygen atoms in total. The number of anilines is 2. The van der Waals surface area contributed by atoms with Gasteiger partial charge in [-0.2, -0.15) is 31.4 Å². The Morgan fingerprint density at radius 2 is 1.75 bits per heavy atom. The maximum atomic E-state index is 13.1. The number of amides is 2. The van der Waals surface area contributed by atoms with Crippen molar-refractivity contribution in [3.63, 3.8) is 0 Å². The van der Waals surface area contributed by atoms with Gasteiger partial charge in [0, 0.05) is 25.8 Å². The van der Waals surface area contributed by atoms with E-state index in [4.69, 9.17) is 4.74 Å². The summed E-state index contributed by atoms with van der Waals surface area (Å²) in [6.07, 6.45) is -9.04. The van der Waals surface area contributed by atoms with E-state index in [0.717, 1.165) is 16.8 Å². The number of aromatic nitrogens is 4. The molecule has 2 amide bonds. The molecular weight excluding hydrogens is 446 g/mol. The third kappa shape index (κ3) is 4.74. The van der Waals surface area contributed by atoms with Crippen LogP contribution in [0.15, 0.2) is 24.4 Å². The molecule has 3 rings (SSSR count). The highest BCUT2D eigenvalue weighted by molar-refractivity contribution is 6.01. The summed E-state index contributed by atoms with van der Waals surface area (Å²) in [6, 6.07) is 1.57. The Labute approximate surface area is 176 Å². The number of rotatable bonds is 4. The quantitative estimate of drug-likeness (QED) is 0.546. The first-order valence-corrected chi connectivity index (χ1v) is 8.90. The van der Waals surface area contributed by atoms with E-state index in [2.05, 4.69) is 25.7 Å². The Hall–Kier alpha value is -3.42. The third-order valence-electron chi connectivity index (χ3n) is 4.46. The largest absolute Gasteiger partial charge is 0.435 e. The molecule has 1 unspecified atom stereocenters. The van der Waals surface area contributed by atoms with Crippen molar-refractivity contribution in [3.05, 3.63) is 41.3 Å². The number of hydrogen-bond donors (Lipinski definition) is 2. The number of alkyl halides is 6. The van der Waals surface area contributed by atoms with Crippen LogP contribution in [-0.4, -0.2) is 32.9 Å². The molecule has 172 valence electrons. The van der Waals surface area contributed by atoms with E-state index >= 15 is 0 Å². The minimum Gasteiger partial charge on any atom is -0.377 e. The monoisotopic (exact) mass is 462 g/mol. The van der Waals surface area contributed by atoms with E-state index < -0.39 is 35.9 Å². The molecule has 0 saturated carbocycles. The van der Waals surface area contributed by atoms with Gasteiger partial charge >= 0.3 is 18.4 Å². The molecule has 0 fully saturated rings. The summed E-state index contributed by atoms with van der Waals surface area (Å²) in [5.74, 6) is -0.262. The van der Waals surface area contributed by atoms with Crippen LogP contribution in [0.25, 0.3) is 11.0 Å². The second kappa shape index (κ2) is 8.26. The fourth-order valence-electron chi connectivity index (χ4n) is 2.86. The number of carbonyl (C=O) groups excluding carboxylic acids is 1. The first kappa shape index (κ1) is 23.2. The summed E-state index contributed by atoms with van der Waals surface area (Å²) >= 11 is 0. The van der Waals surface area contributed by atoms with Crippen molar-refractivity contribution >= 4 is 28.6 Å². The van der Waals surface area contributed by atoms with Crippen molar-refractivity contribution in [1.82, 2.24) is 19.7 Å². The molecule has 3 aromatic rings. The van der Waals surface area contributed by atoms with Crippen molar-refractivity contribution < 1.29 is 35.9 Å². The van der Waals surface area contributed by atoms with E-state index in [1.807, 2.05) is 0 Å². The first-order valence-electron chi connectivity index (χ1n) is 8.90. The van der Waals surface area contributed by atoms with Crippen LogP contribution >= 0.6 is 0 Å². The topological polar surface area (TPSA) is 94.0 Å². The number of halogens is 6. The van der Waals surface area contributed by atoms with E-state index in [1.165, 1.54) is 27.3 Å². The Kier molecular flexibility index (Phi) is 6.00. The van der Waals surface area contributed by atoms with Gasteiger partial charge in [-0.15, -0.1) is 0 Å². The normalized spacial score (nSPS) is 13.3. The highest BCUT2D eigenvalue weighted by Gasteiger charge is 2.35. The Morgan fingerprint density at radius 3 is 2.31 bits per heavy atom. The summed E-state index contributed by atoms with van der Waals surface area (Å²) in [5, 5.41) is 7.84. The molecule has 14 heteroatoms. The molecule has 2 N–H and O–H groups in total. The van der Waals surface area contributed by atoms with Gasteiger partial charge in [0.05, 0.1) is 29.0 Å². The maximum Gasteiger partial charge on any atom is 0.435 e. The number of urea groups is 1. The summed E-state index contributed by atoms with van der Waals surface area (Å²) in [5.41, 5.74) is -2.31. The van der Waals surface area contributed by atoms with Gasteiger partial charge in [0.25, 0.3) is 0 Å². The minimum absolute atomic E-state index is 0.0330. The molecule has 0 spiro atoms. The van der Waals surface area contributed by atoms with Crippen molar-refractivity contribution in [2.24, 2.45) is 7.05 Å². The molecule has 1 atom stereocenters. The Balaban J connectivity index is 1.97. The zero-order valence-corrected chi connectivity index (χ0v) is 16.8. The zero-order chi connectivity index (χ0) is 23.8. The van der Waals surface area contributed by atoms with Gasteiger partial charge in [-0.05, 0) is 19.1 Å². The predicted molar refractivity (Wildman–Crippen MR) is 101 cm³/mol. The number of fused-ring (bicyclic) bond motifs is 1. The maximum absolute atomic E-state index is 13.1. The molecule has 0 saturated heterocycles.